The van der Waals surface area contributed by atoms with Gasteiger partial charge in [-0.05, 0) is 212 Å². The molecule has 18 atom stereocenters. The number of aliphatic hydroxyl groups excluding tert-OH is 9. The fourth-order valence-electron chi connectivity index (χ4n) is 11.9. The molecule has 2 amide bonds. The van der Waals surface area contributed by atoms with Gasteiger partial charge >= 0.3 is 31.3 Å². The molecule has 0 bridgehead atoms. The number of aliphatic hydroxyl groups is 9. The molecular formula is C79H136N2O29P4. The van der Waals surface area contributed by atoms with Gasteiger partial charge in [0.2, 0.25) is 11.8 Å². The average molecular weight is 1700 g/mol. The molecule has 0 aromatic rings. The van der Waals surface area contributed by atoms with Crippen LogP contribution in [-0.2, 0) is 73.5 Å². The quantitative estimate of drug-likeness (QED) is 0.0199. The van der Waals surface area contributed by atoms with Crippen molar-refractivity contribution < 1.29 is 139 Å². The van der Waals surface area contributed by atoms with Crippen molar-refractivity contribution in [1.82, 2.24) is 10.6 Å². The number of amides is 2. The van der Waals surface area contributed by atoms with Crippen LogP contribution in [0.5, 0.6) is 0 Å². The number of ether oxygens (including phenoxy) is 3. The van der Waals surface area contributed by atoms with Gasteiger partial charge in [-0.2, -0.15) is 4.31 Å². The highest BCUT2D eigenvalue weighted by molar-refractivity contribution is 7.61. The van der Waals surface area contributed by atoms with E-state index in [2.05, 4.69) is 154 Å². The van der Waals surface area contributed by atoms with E-state index in [1.165, 1.54) is 61.8 Å². The van der Waals surface area contributed by atoms with Gasteiger partial charge in [0.25, 0.3) is 0 Å². The fourth-order valence-corrected chi connectivity index (χ4v) is 15.8. The van der Waals surface area contributed by atoms with E-state index in [1.807, 2.05) is 6.92 Å². The summed E-state index contributed by atoms with van der Waals surface area (Å²) in [5.74, 6) is -1.85. The number of carbonyl (C=O) groups excluding carboxylic acids is 2. The van der Waals surface area contributed by atoms with Crippen LogP contribution >= 0.6 is 31.3 Å². The van der Waals surface area contributed by atoms with Gasteiger partial charge in [-0.1, -0.05) is 128 Å². The summed E-state index contributed by atoms with van der Waals surface area (Å²) >= 11 is 0. The van der Waals surface area contributed by atoms with Crippen LogP contribution in [0.15, 0.2) is 128 Å². The Hall–Kier alpha value is -3.92. The predicted octanol–water partition coefficient (Wildman–Crippen LogP) is 12.1. The average Bonchev–Trinajstić information content (AvgIpc) is 0.768. The molecule has 35 heteroatoms. The van der Waals surface area contributed by atoms with E-state index >= 15 is 0 Å². The van der Waals surface area contributed by atoms with Gasteiger partial charge < -0.3 is 90.4 Å². The second kappa shape index (κ2) is 55.8. The van der Waals surface area contributed by atoms with Gasteiger partial charge in [0.15, 0.2) is 12.6 Å². The van der Waals surface area contributed by atoms with E-state index in [9.17, 15) is 88.3 Å². The molecule has 2 saturated heterocycles. The van der Waals surface area contributed by atoms with Crippen LogP contribution in [0.3, 0.4) is 0 Å². The number of phosphoric acid groups is 4. The first-order chi connectivity index (χ1) is 53.4. The second-order valence-electron chi connectivity index (χ2n) is 29.9. The molecule has 656 valence electrons. The molecule has 15 N–H and O–H groups in total. The predicted molar refractivity (Wildman–Crippen MR) is 434 cm³/mol. The molecule has 0 radical (unpaired) electrons. The van der Waals surface area contributed by atoms with Gasteiger partial charge in [-0.15, -0.1) is 0 Å². The number of hydrogen-bond acceptors (Lipinski definition) is 25. The summed E-state index contributed by atoms with van der Waals surface area (Å²) in [5, 5.41) is 96.5. The highest BCUT2D eigenvalue weighted by Crippen LogP contribution is 2.61. The summed E-state index contributed by atoms with van der Waals surface area (Å²) in [6, 6.07) is -3.86. The van der Waals surface area contributed by atoms with Crippen LogP contribution < -0.4 is 10.6 Å². The van der Waals surface area contributed by atoms with Crippen molar-refractivity contribution in [3.8, 4) is 0 Å². The molecule has 0 aromatic carbocycles. The van der Waals surface area contributed by atoms with Crippen LogP contribution in [-0.4, -0.2) is 209 Å². The van der Waals surface area contributed by atoms with E-state index in [-0.39, 0.29) is 0 Å². The van der Waals surface area contributed by atoms with E-state index in [0.717, 1.165) is 135 Å². The zero-order chi connectivity index (χ0) is 85.9. The minimum Gasteiger partial charge on any atom is -0.394 e. The Morgan fingerprint density at radius 2 is 0.702 bits per heavy atom. The van der Waals surface area contributed by atoms with Gasteiger partial charge in [0.05, 0.1) is 46.2 Å². The smallest absolute Gasteiger partial charge is 0.394 e. The Labute approximate surface area is 675 Å². The number of nitrogens with one attached hydrogen (secondary N) is 2. The van der Waals surface area contributed by atoms with Gasteiger partial charge in [-0.25, -0.2) is 18.3 Å². The largest absolute Gasteiger partial charge is 0.483 e. The molecule has 0 saturated carbocycles. The monoisotopic (exact) mass is 1700 g/mol. The van der Waals surface area contributed by atoms with E-state index in [0.29, 0.717) is 12.8 Å². The molecule has 0 aliphatic carbocycles. The lowest BCUT2D eigenvalue weighted by atomic mass is 9.94. The lowest BCUT2D eigenvalue weighted by molar-refractivity contribution is -0.324. The lowest BCUT2D eigenvalue weighted by Gasteiger charge is -2.48. The molecule has 114 heavy (non-hydrogen) atoms. The Kier molecular flexibility index (Phi) is 52.0. The molecule has 0 spiro atoms. The maximum absolute atomic E-state index is 13.4. The Bertz CT molecular complexity index is 3470. The number of phosphoric ester groups is 4. The van der Waals surface area contributed by atoms with Crippen LogP contribution in [0.25, 0.3) is 0 Å². The van der Waals surface area contributed by atoms with E-state index in [4.69, 9.17) is 37.4 Å². The fraction of sp³-hybridized carbons (Fsp3) is 0.696. The molecule has 4 unspecified atom stereocenters. The number of hydrogen-bond donors (Lipinski definition) is 15. The van der Waals surface area contributed by atoms with Crippen molar-refractivity contribution in [2.45, 2.75) is 311 Å². The molecule has 2 heterocycles. The first-order valence-corrected chi connectivity index (χ1v) is 45.0. The highest BCUT2D eigenvalue weighted by Gasteiger charge is 2.55. The maximum atomic E-state index is 13.4. The van der Waals surface area contributed by atoms with E-state index < -0.39 is 175 Å². The number of allylic oxidation sites excluding steroid dienone is 21. The third-order valence-electron chi connectivity index (χ3n) is 18.7. The maximum Gasteiger partial charge on any atom is 0.483 e. The molecule has 2 fully saturated rings. The molecule has 0 aromatic heterocycles. The molecule has 31 nitrogen and oxygen atoms in total. The number of carbonyl (C=O) groups is 2. The Balaban J connectivity index is 1.85. The molecular weight excluding hydrogens is 1560 g/mol. The Morgan fingerprint density at radius 3 is 1.05 bits per heavy atom. The van der Waals surface area contributed by atoms with Crippen molar-refractivity contribution in [2.24, 2.45) is 0 Å². The third-order valence-corrected chi connectivity index (χ3v) is 23.3. The van der Waals surface area contributed by atoms with Crippen LogP contribution in [0, 0.1) is 0 Å². The van der Waals surface area contributed by atoms with Gasteiger partial charge in [0.1, 0.15) is 73.1 Å². The summed E-state index contributed by atoms with van der Waals surface area (Å²) < 4.78 is 102. The van der Waals surface area contributed by atoms with Crippen LogP contribution in [0.1, 0.15) is 225 Å². The van der Waals surface area contributed by atoms with Crippen molar-refractivity contribution >= 4 is 43.1 Å². The zero-order valence-electron chi connectivity index (χ0n) is 69.2. The summed E-state index contributed by atoms with van der Waals surface area (Å²) in [6.45, 7) is 20.6. The minimum atomic E-state index is -5.79. The highest BCUT2D eigenvalue weighted by atomic mass is 31.3. The van der Waals surface area contributed by atoms with Crippen molar-refractivity contribution in [3.05, 3.63) is 128 Å². The van der Waals surface area contributed by atoms with Crippen molar-refractivity contribution in [1.29, 1.82) is 0 Å². The first-order valence-electron chi connectivity index (χ1n) is 39.0. The standard InChI is InChI=1S/C79H136N2O29P4/c1-53(2)25-15-26-54(3)27-16-28-55(4)29-17-30-56(5)31-18-32-57(6)33-19-34-58(7)35-20-36-59(8)37-21-38-60(9)39-22-40-61(10)41-23-42-62(11)43-24-44-63(12)45-46-101-113(97,98)110-114(99,100)109-79-72(81-65(14)86)74(91)76(69(48-83)106-79)107-78-71(80-64(13)85)75(92)77(70(49-84)105-78)108-112(95,96)103-51-66(87)50-102-111(93,94)104-52-68(89)73(90)67(88)47-82/h25,27,29,31,33,35,37,39,41,43,45,66-79,82-84,87-92H,15-24,26,28,30,32,34,36,38,40,42,44,46-52H2,1-14H3,(H,80,85)(H,81,86)(H,93,94)(H,95,96)(H,97,98)(H,99,100)/b54-27+,55-29+,56-31-,57-33-,58-35-,59-37-,60-39-,61-41-,62-43-,63-45-/t66-,67+,68-,69-,70-,71+,72-,73+,74-,75-,76-,77-,78+,79-/m1/s1. The lowest BCUT2D eigenvalue weighted by Crippen LogP contribution is -2.69. The van der Waals surface area contributed by atoms with Gasteiger partial charge in [-0.3, -0.25) is 36.7 Å². The van der Waals surface area contributed by atoms with Crippen LogP contribution in [0.2, 0.25) is 0 Å². The summed E-state index contributed by atoms with van der Waals surface area (Å²) in [5.41, 5.74) is 14.9. The van der Waals surface area contributed by atoms with Crippen molar-refractivity contribution in [2.75, 3.05) is 46.2 Å². The summed E-state index contributed by atoms with van der Waals surface area (Å²) in [4.78, 5) is 66.7. The van der Waals surface area contributed by atoms with Crippen molar-refractivity contribution in [3.63, 3.8) is 0 Å². The summed E-state index contributed by atoms with van der Waals surface area (Å²) in [7, 11) is -21.9. The first kappa shape index (κ1) is 106. The molecule has 2 aliphatic heterocycles. The second-order valence-corrected chi connectivity index (χ2v) is 35.8. The molecule has 2 aliphatic rings. The van der Waals surface area contributed by atoms with E-state index in [1.54, 1.807) is 6.92 Å². The van der Waals surface area contributed by atoms with Gasteiger partial charge in [0, 0.05) is 13.8 Å². The number of rotatable bonds is 57. The third kappa shape index (κ3) is 46.6. The minimum absolute atomic E-state index is 0.542. The normalized spacial score (nSPS) is 24.9. The zero-order valence-corrected chi connectivity index (χ0v) is 72.7. The molecule has 2 rings (SSSR count). The topological polar surface area (TPSA) is 482 Å². The summed E-state index contributed by atoms with van der Waals surface area (Å²) in [6.07, 6.45) is 20.8. The SMILES string of the molecule is CC(=O)N[C@@H]1[C@H](O[C@H]2[C@H](O)[C@@H](NC(C)=O)[C@@H](OP(=O)(O)OP(=O)(O)OC/C=C(/C)CC/C=C(/C)CC/C=C(/C)CC/C=C(/C)CC/C=C(/C)CC/C=C(/C)CC/C=C(/C)CC/C=C(/C)CC/C=C(\C)CC/C=C(\C)CCC=C(C)C)O[C@@H]2CO)O[C@H](CO)[C@@H](OP(=O)(O)OC[C@H](O)COP(=O)(O)OC[C@@H](O)[C@@H](O)[C@@H](O)CO)[C@@H]1O. The van der Waals surface area contributed by atoms with Crippen LogP contribution in [0.4, 0.5) is 0 Å². The Morgan fingerprint density at radius 1 is 0.386 bits per heavy atom.